The van der Waals surface area contributed by atoms with Crippen molar-refractivity contribution in [1.29, 1.82) is 0 Å². The number of hydrogen-bond acceptors (Lipinski definition) is 4. The van der Waals surface area contributed by atoms with Crippen LogP contribution in [0.5, 0.6) is 0 Å². The Labute approximate surface area is 64.8 Å². The molecule has 5 nitrogen and oxygen atoms in total. The highest BCUT2D eigenvalue weighted by molar-refractivity contribution is 7.89. The second kappa shape index (κ2) is 4.07. The molecule has 0 aromatic heterocycles. The molecule has 63 valence electrons. The Morgan fingerprint density at radius 3 is 2.45 bits per heavy atom. The lowest BCUT2D eigenvalue weighted by Crippen LogP contribution is -2.28. The van der Waals surface area contributed by atoms with Crippen LogP contribution in [0.25, 0.3) is 0 Å². The van der Waals surface area contributed by atoms with Crippen LogP contribution in [-0.2, 0) is 19.6 Å². The molecule has 0 rings (SSSR count). The van der Waals surface area contributed by atoms with Crippen LogP contribution in [0.2, 0.25) is 0 Å². The molecule has 0 aliphatic rings. The molecule has 0 fully saturated rings. The summed E-state index contributed by atoms with van der Waals surface area (Å²) in [6.07, 6.45) is 2.12. The molecule has 1 N–H and O–H groups in total. The summed E-state index contributed by atoms with van der Waals surface area (Å²) in [5.41, 5.74) is 0. The number of sulfonamides is 1. The predicted octanol–water partition coefficient (Wildman–Crippen LogP) is -1.05. The molecular weight excluding hydrogens is 170 g/mol. The summed E-state index contributed by atoms with van der Waals surface area (Å²) in [6, 6.07) is 0. The van der Waals surface area contributed by atoms with Crippen LogP contribution in [0.15, 0.2) is 0 Å². The minimum Gasteiger partial charge on any atom is -0.291 e. The zero-order chi connectivity index (χ0) is 8.91. The van der Waals surface area contributed by atoms with Crippen molar-refractivity contribution in [2.45, 2.75) is 12.8 Å². The average Bonchev–Trinajstić information content (AvgIpc) is 1.79. The van der Waals surface area contributed by atoms with Crippen LogP contribution >= 0.6 is 0 Å². The number of nitrogens with one attached hydrogen (secondary N) is 1. The summed E-state index contributed by atoms with van der Waals surface area (Å²) >= 11 is 0. The van der Waals surface area contributed by atoms with E-state index in [-0.39, 0.29) is 12.8 Å². The first-order valence-electron chi connectivity index (χ1n) is 2.81. The average molecular weight is 178 g/mol. The third-order valence-corrected chi connectivity index (χ3v) is 1.35. The smallest absolute Gasteiger partial charge is 0.233 e. The second-order valence-corrected chi connectivity index (χ2v) is 3.69. The van der Waals surface area contributed by atoms with Crippen molar-refractivity contribution in [3.05, 3.63) is 0 Å². The molecular formula is C5H8NO4S. The minimum atomic E-state index is -3.48. The van der Waals surface area contributed by atoms with E-state index < -0.39 is 15.9 Å². The topological polar surface area (TPSA) is 80.3 Å². The summed E-state index contributed by atoms with van der Waals surface area (Å²) in [6.45, 7) is 0. The van der Waals surface area contributed by atoms with Gasteiger partial charge in [-0.25, -0.2) is 8.42 Å². The van der Waals surface area contributed by atoms with Crippen LogP contribution in [0, 0.1) is 0 Å². The lowest BCUT2D eigenvalue weighted by atomic mass is 10.3. The molecule has 1 radical (unpaired) electrons. The summed E-state index contributed by atoms with van der Waals surface area (Å²) in [4.78, 5) is 20.2. The van der Waals surface area contributed by atoms with Crippen molar-refractivity contribution in [1.82, 2.24) is 4.72 Å². The Balaban J connectivity index is 3.80. The van der Waals surface area contributed by atoms with E-state index in [2.05, 4.69) is 0 Å². The zero-order valence-electron chi connectivity index (χ0n) is 5.96. The first kappa shape index (κ1) is 10.1. The van der Waals surface area contributed by atoms with E-state index in [0.29, 0.717) is 0 Å². The fourth-order valence-electron chi connectivity index (χ4n) is 0.422. The van der Waals surface area contributed by atoms with E-state index >= 15 is 0 Å². The summed E-state index contributed by atoms with van der Waals surface area (Å²) in [7, 11) is -3.48. The molecule has 1 amide bonds. The molecule has 0 saturated carbocycles. The first-order chi connectivity index (χ1) is 4.95. The highest BCUT2D eigenvalue weighted by Gasteiger charge is 2.06. The molecule has 0 aliphatic heterocycles. The monoisotopic (exact) mass is 178 g/mol. The molecule has 0 bridgehead atoms. The Kier molecular flexibility index (Phi) is 3.73. The molecule has 11 heavy (non-hydrogen) atoms. The highest BCUT2D eigenvalue weighted by atomic mass is 32.2. The van der Waals surface area contributed by atoms with Gasteiger partial charge in [0.1, 0.15) is 0 Å². The lowest BCUT2D eigenvalue weighted by molar-refractivity contribution is -0.119. The molecule has 0 atom stereocenters. The SMILES string of the molecule is CS(=O)(=O)NC(=O)CC[C]=O. The molecule has 0 saturated heterocycles. The first-order valence-corrected chi connectivity index (χ1v) is 4.70. The third-order valence-electron chi connectivity index (χ3n) is 0.753. The van der Waals surface area contributed by atoms with Gasteiger partial charge in [-0.05, 0) is 0 Å². The van der Waals surface area contributed by atoms with Gasteiger partial charge in [-0.3, -0.25) is 14.3 Å². The number of rotatable bonds is 4. The van der Waals surface area contributed by atoms with Crippen molar-refractivity contribution in [2.75, 3.05) is 6.26 Å². The summed E-state index contributed by atoms with van der Waals surface area (Å²) in [5, 5.41) is 0. The largest absolute Gasteiger partial charge is 0.291 e. The normalized spacial score (nSPS) is 10.6. The van der Waals surface area contributed by atoms with Crippen LogP contribution in [-0.4, -0.2) is 26.9 Å². The molecule has 0 aromatic rings. The molecule has 0 heterocycles. The summed E-state index contributed by atoms with van der Waals surface area (Å²) in [5.74, 6) is -0.684. The maximum absolute atomic E-state index is 10.5. The Morgan fingerprint density at radius 2 is 2.09 bits per heavy atom. The van der Waals surface area contributed by atoms with Crippen LogP contribution in [0.3, 0.4) is 0 Å². The van der Waals surface area contributed by atoms with Crippen LogP contribution < -0.4 is 4.72 Å². The van der Waals surface area contributed by atoms with Gasteiger partial charge in [-0.1, -0.05) is 0 Å². The Morgan fingerprint density at radius 1 is 1.55 bits per heavy atom. The van der Waals surface area contributed by atoms with Gasteiger partial charge >= 0.3 is 0 Å². The zero-order valence-corrected chi connectivity index (χ0v) is 6.77. The van der Waals surface area contributed by atoms with Crippen molar-refractivity contribution < 1.29 is 18.0 Å². The van der Waals surface area contributed by atoms with E-state index in [1.807, 2.05) is 0 Å². The van der Waals surface area contributed by atoms with Gasteiger partial charge in [-0.15, -0.1) is 0 Å². The number of carbonyl (C=O) groups excluding carboxylic acids is 2. The van der Waals surface area contributed by atoms with E-state index in [4.69, 9.17) is 0 Å². The van der Waals surface area contributed by atoms with Gasteiger partial charge in [0.05, 0.1) is 6.26 Å². The lowest BCUT2D eigenvalue weighted by Gasteiger charge is -1.98. The van der Waals surface area contributed by atoms with Crippen molar-refractivity contribution in [2.24, 2.45) is 0 Å². The van der Waals surface area contributed by atoms with Crippen LogP contribution in [0.4, 0.5) is 0 Å². The minimum absolute atomic E-state index is 0.0820. The standard InChI is InChI=1S/C5H8NO4S/c1-11(9,10)6-5(8)3-2-4-7/h2-3H2,1H3,(H,6,8). The van der Waals surface area contributed by atoms with Crippen molar-refractivity contribution in [3.63, 3.8) is 0 Å². The summed E-state index contributed by atoms with van der Waals surface area (Å²) < 4.78 is 22.5. The molecule has 0 aliphatic carbocycles. The maximum atomic E-state index is 10.5. The third kappa shape index (κ3) is 6.98. The predicted molar refractivity (Wildman–Crippen MR) is 37.9 cm³/mol. The van der Waals surface area contributed by atoms with Gasteiger partial charge < -0.3 is 0 Å². The maximum Gasteiger partial charge on any atom is 0.233 e. The molecule has 6 heteroatoms. The Hall–Kier alpha value is -0.910. The van der Waals surface area contributed by atoms with E-state index in [1.54, 1.807) is 4.72 Å². The fraction of sp³-hybridized carbons (Fsp3) is 0.600. The second-order valence-electron chi connectivity index (χ2n) is 1.94. The van der Waals surface area contributed by atoms with Gasteiger partial charge in [0.25, 0.3) is 0 Å². The van der Waals surface area contributed by atoms with Crippen molar-refractivity contribution in [3.8, 4) is 0 Å². The quantitative estimate of drug-likeness (QED) is 0.595. The molecule has 0 aromatic carbocycles. The van der Waals surface area contributed by atoms with Crippen molar-refractivity contribution >= 4 is 22.2 Å². The van der Waals surface area contributed by atoms with E-state index in [1.165, 1.54) is 6.29 Å². The fourth-order valence-corrected chi connectivity index (χ4v) is 0.938. The van der Waals surface area contributed by atoms with E-state index in [0.717, 1.165) is 6.26 Å². The van der Waals surface area contributed by atoms with E-state index in [9.17, 15) is 18.0 Å². The molecule has 0 unspecified atom stereocenters. The number of amides is 1. The van der Waals surface area contributed by atoms with Gasteiger partial charge in [0.15, 0.2) is 6.29 Å². The highest BCUT2D eigenvalue weighted by Crippen LogP contribution is 1.85. The van der Waals surface area contributed by atoms with Gasteiger partial charge in [-0.2, -0.15) is 0 Å². The van der Waals surface area contributed by atoms with Gasteiger partial charge in [0, 0.05) is 12.8 Å². The number of carbonyl (C=O) groups is 1. The van der Waals surface area contributed by atoms with Crippen LogP contribution in [0.1, 0.15) is 12.8 Å². The van der Waals surface area contributed by atoms with Gasteiger partial charge in [0.2, 0.25) is 15.9 Å². The molecule has 0 spiro atoms. The number of hydrogen-bond donors (Lipinski definition) is 1. The Bertz CT molecular complexity index is 243.